The molecule has 3 rings (SSSR count). The molecule has 3 aromatic rings. The number of fused-ring (bicyclic) bond motifs is 1. The van der Waals surface area contributed by atoms with Gasteiger partial charge in [0.15, 0.2) is 0 Å². The summed E-state index contributed by atoms with van der Waals surface area (Å²) in [6, 6.07) is 16.1. The van der Waals surface area contributed by atoms with E-state index in [2.05, 4.69) is 42.4 Å². The van der Waals surface area contributed by atoms with Crippen molar-refractivity contribution in [1.29, 1.82) is 5.26 Å². The number of ether oxygens (including phenoxy) is 1. The Morgan fingerprint density at radius 1 is 1.12 bits per heavy atom. The highest BCUT2D eigenvalue weighted by Gasteiger charge is 2.10. The Morgan fingerprint density at radius 2 is 1.84 bits per heavy atom. The number of methoxy groups -OCH3 is 1. The van der Waals surface area contributed by atoms with Gasteiger partial charge in [0.25, 0.3) is 0 Å². The van der Waals surface area contributed by atoms with E-state index in [0.717, 1.165) is 28.0 Å². The molecular weight excluding hydrogens is 334 g/mol. The lowest BCUT2D eigenvalue weighted by Crippen LogP contribution is -1.98. The van der Waals surface area contributed by atoms with Crippen LogP contribution < -0.4 is 10.1 Å². The molecule has 0 atom stereocenters. The molecule has 0 amide bonds. The van der Waals surface area contributed by atoms with Gasteiger partial charge in [-0.25, -0.2) is 0 Å². The molecule has 0 bridgehead atoms. The van der Waals surface area contributed by atoms with Crippen molar-refractivity contribution in [3.05, 3.63) is 59.8 Å². The van der Waals surface area contributed by atoms with Crippen molar-refractivity contribution in [3.63, 3.8) is 0 Å². The first-order valence-electron chi connectivity index (χ1n) is 7.86. The van der Waals surface area contributed by atoms with Crippen molar-refractivity contribution < 1.29 is 4.74 Å². The van der Waals surface area contributed by atoms with Crippen molar-refractivity contribution >= 4 is 34.7 Å². The molecule has 0 saturated carbocycles. The number of nitriles is 1. The largest absolute Gasteiger partial charge is 0.497 e. The average Bonchev–Trinajstić information content (AvgIpc) is 2.62. The van der Waals surface area contributed by atoms with Crippen LogP contribution in [0.25, 0.3) is 10.9 Å². The van der Waals surface area contributed by atoms with E-state index in [1.165, 1.54) is 5.56 Å². The summed E-state index contributed by atoms with van der Waals surface area (Å²) in [4.78, 5) is 4.35. The number of aromatic nitrogens is 1. The Balaban J connectivity index is 0.00000225. The van der Waals surface area contributed by atoms with Crippen molar-refractivity contribution in [2.45, 2.75) is 19.8 Å². The highest BCUT2D eigenvalue weighted by molar-refractivity contribution is 5.96. The summed E-state index contributed by atoms with van der Waals surface area (Å²) in [5.74, 6) is 1.22. The van der Waals surface area contributed by atoms with Crippen molar-refractivity contribution in [1.82, 2.24) is 4.98 Å². The number of nitrogens with zero attached hydrogens (tertiary/aromatic N) is 2. The van der Waals surface area contributed by atoms with Crippen LogP contribution in [0.2, 0.25) is 0 Å². The third kappa shape index (κ3) is 3.84. The van der Waals surface area contributed by atoms with Crippen LogP contribution in [-0.4, -0.2) is 12.1 Å². The molecule has 128 valence electrons. The molecule has 0 aliphatic carbocycles. The molecule has 2 aromatic carbocycles. The van der Waals surface area contributed by atoms with Gasteiger partial charge in [0.1, 0.15) is 11.8 Å². The lowest BCUT2D eigenvalue weighted by Gasteiger charge is -2.13. The lowest BCUT2D eigenvalue weighted by molar-refractivity contribution is 0.415. The molecule has 0 aliphatic heterocycles. The maximum absolute atomic E-state index is 9.44. The van der Waals surface area contributed by atoms with E-state index < -0.39 is 0 Å². The SMILES string of the molecule is COc1ccc2ncc(C#N)c(Nc3ccc(C(C)C)cc3)c2c1.Cl. The van der Waals surface area contributed by atoms with Crippen LogP contribution in [0.4, 0.5) is 11.4 Å². The second-order valence-corrected chi connectivity index (χ2v) is 5.94. The summed E-state index contributed by atoms with van der Waals surface area (Å²) < 4.78 is 5.30. The minimum Gasteiger partial charge on any atom is -0.497 e. The lowest BCUT2D eigenvalue weighted by atomic mass is 10.0. The van der Waals surface area contributed by atoms with Crippen LogP contribution in [0.3, 0.4) is 0 Å². The summed E-state index contributed by atoms with van der Waals surface area (Å²) in [7, 11) is 1.63. The van der Waals surface area contributed by atoms with Crippen LogP contribution in [0, 0.1) is 11.3 Å². The zero-order chi connectivity index (χ0) is 17.1. The van der Waals surface area contributed by atoms with E-state index in [0.29, 0.717) is 11.5 Å². The van der Waals surface area contributed by atoms with E-state index in [9.17, 15) is 5.26 Å². The Hall–Kier alpha value is -2.77. The first-order valence-corrected chi connectivity index (χ1v) is 7.86. The Bertz CT molecular complexity index is 915. The number of pyridine rings is 1. The predicted molar refractivity (Wildman–Crippen MR) is 104 cm³/mol. The molecule has 1 N–H and O–H groups in total. The minimum absolute atomic E-state index is 0. The fourth-order valence-electron chi connectivity index (χ4n) is 2.61. The molecule has 1 aromatic heterocycles. The Kier molecular flexibility index (Phi) is 5.84. The topological polar surface area (TPSA) is 57.9 Å². The molecule has 0 unspecified atom stereocenters. The number of hydrogen-bond donors (Lipinski definition) is 1. The van der Waals surface area contributed by atoms with Gasteiger partial charge in [-0.15, -0.1) is 12.4 Å². The molecule has 1 heterocycles. The zero-order valence-corrected chi connectivity index (χ0v) is 15.2. The summed E-state index contributed by atoms with van der Waals surface area (Å²) in [5.41, 5.74) is 4.28. The van der Waals surface area contributed by atoms with Crippen molar-refractivity contribution in [2.75, 3.05) is 12.4 Å². The first kappa shape index (κ1) is 18.6. The molecule has 0 radical (unpaired) electrons. The van der Waals surface area contributed by atoms with Crippen LogP contribution >= 0.6 is 12.4 Å². The van der Waals surface area contributed by atoms with Gasteiger partial charge in [0.05, 0.1) is 23.9 Å². The van der Waals surface area contributed by atoms with E-state index in [1.54, 1.807) is 13.3 Å². The molecule has 0 aliphatic rings. The molecule has 4 nitrogen and oxygen atoms in total. The fraction of sp³-hybridized carbons (Fsp3) is 0.200. The average molecular weight is 354 g/mol. The van der Waals surface area contributed by atoms with Gasteiger partial charge in [-0.05, 0) is 41.8 Å². The second kappa shape index (κ2) is 7.87. The molecule has 25 heavy (non-hydrogen) atoms. The third-order valence-electron chi connectivity index (χ3n) is 4.04. The highest BCUT2D eigenvalue weighted by atomic mass is 35.5. The first-order chi connectivity index (χ1) is 11.6. The van der Waals surface area contributed by atoms with Crippen LogP contribution in [0.5, 0.6) is 5.75 Å². The quantitative estimate of drug-likeness (QED) is 0.681. The Labute approximate surface area is 153 Å². The number of hydrogen-bond acceptors (Lipinski definition) is 4. The van der Waals surface area contributed by atoms with Crippen molar-refractivity contribution in [2.24, 2.45) is 0 Å². The number of benzene rings is 2. The summed E-state index contributed by atoms with van der Waals surface area (Å²) in [5, 5.41) is 13.7. The normalized spacial score (nSPS) is 10.2. The van der Waals surface area contributed by atoms with Gasteiger partial charge in [0.2, 0.25) is 0 Å². The van der Waals surface area contributed by atoms with Crippen LogP contribution in [0.1, 0.15) is 30.9 Å². The number of rotatable bonds is 4. The summed E-state index contributed by atoms with van der Waals surface area (Å²) >= 11 is 0. The maximum Gasteiger partial charge on any atom is 0.119 e. The van der Waals surface area contributed by atoms with E-state index in [-0.39, 0.29) is 12.4 Å². The number of anilines is 2. The van der Waals surface area contributed by atoms with E-state index in [4.69, 9.17) is 4.74 Å². The van der Waals surface area contributed by atoms with Gasteiger partial charge in [-0.3, -0.25) is 4.98 Å². The van der Waals surface area contributed by atoms with E-state index in [1.807, 2.05) is 30.3 Å². The standard InChI is InChI=1S/C20H19N3O.ClH/c1-13(2)14-4-6-16(7-5-14)23-20-15(11-21)12-22-19-9-8-17(24-3)10-18(19)20;/h4-10,12-13H,1-3H3,(H,22,23);1H. The second-order valence-electron chi connectivity index (χ2n) is 5.94. The van der Waals surface area contributed by atoms with Gasteiger partial charge in [0, 0.05) is 17.3 Å². The van der Waals surface area contributed by atoms with Gasteiger partial charge < -0.3 is 10.1 Å². The van der Waals surface area contributed by atoms with E-state index >= 15 is 0 Å². The maximum atomic E-state index is 9.44. The van der Waals surface area contributed by atoms with Crippen molar-refractivity contribution in [3.8, 4) is 11.8 Å². The minimum atomic E-state index is 0. The molecular formula is C20H20ClN3O. The van der Waals surface area contributed by atoms with Gasteiger partial charge in [-0.1, -0.05) is 26.0 Å². The molecule has 0 saturated heterocycles. The van der Waals surface area contributed by atoms with Gasteiger partial charge in [-0.2, -0.15) is 5.26 Å². The van der Waals surface area contributed by atoms with Gasteiger partial charge >= 0.3 is 0 Å². The highest BCUT2D eigenvalue weighted by Crippen LogP contribution is 2.31. The predicted octanol–water partition coefficient (Wildman–Crippen LogP) is 5.40. The molecule has 0 spiro atoms. The molecule has 5 heteroatoms. The number of nitrogens with one attached hydrogen (secondary N) is 1. The third-order valence-corrected chi connectivity index (χ3v) is 4.04. The summed E-state index contributed by atoms with van der Waals surface area (Å²) in [6.07, 6.45) is 1.60. The van der Waals surface area contributed by atoms with Crippen LogP contribution in [0.15, 0.2) is 48.7 Å². The summed E-state index contributed by atoms with van der Waals surface area (Å²) in [6.45, 7) is 4.33. The smallest absolute Gasteiger partial charge is 0.119 e. The fourth-order valence-corrected chi connectivity index (χ4v) is 2.61. The molecule has 0 fully saturated rings. The zero-order valence-electron chi connectivity index (χ0n) is 14.4. The van der Waals surface area contributed by atoms with Crippen LogP contribution in [-0.2, 0) is 0 Å². The number of halogens is 1. The Morgan fingerprint density at radius 3 is 2.44 bits per heavy atom. The monoisotopic (exact) mass is 353 g/mol.